The van der Waals surface area contributed by atoms with E-state index in [1.54, 1.807) is 30.5 Å². The van der Waals surface area contributed by atoms with Crippen LogP contribution in [0.3, 0.4) is 0 Å². The van der Waals surface area contributed by atoms with Crippen LogP contribution < -0.4 is 0 Å². The molecule has 6 nitrogen and oxygen atoms in total. The van der Waals surface area contributed by atoms with Gasteiger partial charge in [0.25, 0.3) is 0 Å². The van der Waals surface area contributed by atoms with Crippen molar-refractivity contribution in [3.63, 3.8) is 0 Å². The quantitative estimate of drug-likeness (QED) is 0.661. The second kappa shape index (κ2) is 8.73. The fourth-order valence-corrected chi connectivity index (χ4v) is 4.22. The molecule has 4 rings (SSSR count). The lowest BCUT2D eigenvalue weighted by Crippen LogP contribution is -2.42. The third-order valence-corrected chi connectivity index (χ3v) is 6.20. The third-order valence-electron chi connectivity index (χ3n) is 5.61. The van der Waals surface area contributed by atoms with E-state index < -0.39 is 12.0 Å². The summed E-state index contributed by atoms with van der Waals surface area (Å²) in [4.78, 5) is 26.0. The molecule has 1 aromatic heterocycles. The van der Waals surface area contributed by atoms with E-state index in [1.807, 2.05) is 11.0 Å². The SMILES string of the molecule is O=C(O)Cn1ccc(/C=C2/CN(C(C(=O)C3CC3)c3ccccc3F)CCC2S)n1. The molecule has 1 aliphatic carbocycles. The Morgan fingerprint density at radius 1 is 1.27 bits per heavy atom. The highest BCUT2D eigenvalue weighted by molar-refractivity contribution is 7.81. The number of nitrogens with zero attached hydrogens (tertiary/aromatic N) is 3. The molecule has 2 aliphatic rings. The number of hydrogen-bond acceptors (Lipinski definition) is 5. The number of benzene rings is 1. The maximum absolute atomic E-state index is 14.6. The van der Waals surface area contributed by atoms with E-state index in [0.717, 1.165) is 24.8 Å². The minimum Gasteiger partial charge on any atom is -0.480 e. The monoisotopic (exact) mass is 429 g/mol. The lowest BCUT2D eigenvalue weighted by atomic mass is 9.93. The number of ketones is 1. The van der Waals surface area contributed by atoms with Gasteiger partial charge in [-0.15, -0.1) is 0 Å². The van der Waals surface area contributed by atoms with Crippen molar-refractivity contribution in [1.82, 2.24) is 14.7 Å². The van der Waals surface area contributed by atoms with Crippen molar-refractivity contribution < 1.29 is 19.1 Å². The largest absolute Gasteiger partial charge is 0.480 e. The molecule has 30 heavy (non-hydrogen) atoms. The summed E-state index contributed by atoms with van der Waals surface area (Å²) in [6.07, 6.45) is 5.98. The van der Waals surface area contributed by atoms with Crippen LogP contribution in [0.4, 0.5) is 4.39 Å². The Hall–Kier alpha value is -2.45. The Kier molecular flexibility index (Phi) is 6.06. The number of aliphatic carboxylic acids is 1. The zero-order chi connectivity index (χ0) is 21.3. The van der Waals surface area contributed by atoms with Crippen LogP contribution in [0.1, 0.15) is 36.6 Å². The van der Waals surface area contributed by atoms with Crippen molar-refractivity contribution in [3.05, 3.63) is 59.2 Å². The van der Waals surface area contributed by atoms with Gasteiger partial charge in [-0.1, -0.05) is 18.2 Å². The number of aromatic nitrogens is 2. The highest BCUT2D eigenvalue weighted by Crippen LogP contribution is 2.39. The standard InChI is InChI=1S/C22H24FN3O3S/c23-18-4-2-1-3-17(18)21(22(29)14-5-6-14)25-9-8-19(30)15(12-25)11-16-7-10-26(24-16)13-20(27)28/h1-4,7,10-11,14,19,21,30H,5-6,8-9,12-13H2,(H,27,28)/b15-11-. The van der Waals surface area contributed by atoms with Gasteiger partial charge in [-0.3, -0.25) is 19.2 Å². The Labute approximate surface area is 179 Å². The van der Waals surface area contributed by atoms with Gasteiger partial charge in [0.1, 0.15) is 12.4 Å². The fourth-order valence-electron chi connectivity index (χ4n) is 3.94. The van der Waals surface area contributed by atoms with Gasteiger partial charge in [0.2, 0.25) is 0 Å². The van der Waals surface area contributed by atoms with E-state index in [0.29, 0.717) is 24.3 Å². The Bertz CT molecular complexity index is 986. The number of carbonyl (C=O) groups excluding carboxylic acids is 1. The lowest BCUT2D eigenvalue weighted by molar-refractivity contribution is -0.137. The van der Waals surface area contributed by atoms with Crippen molar-refractivity contribution in [1.29, 1.82) is 0 Å². The molecule has 1 saturated carbocycles. The molecule has 2 heterocycles. The second-order valence-electron chi connectivity index (χ2n) is 7.93. The van der Waals surface area contributed by atoms with Crippen LogP contribution in [-0.4, -0.2) is 49.9 Å². The van der Waals surface area contributed by atoms with Gasteiger partial charge in [-0.05, 0) is 43.0 Å². The predicted octanol–water partition coefficient (Wildman–Crippen LogP) is 3.21. The van der Waals surface area contributed by atoms with E-state index in [2.05, 4.69) is 17.7 Å². The van der Waals surface area contributed by atoms with Crippen molar-refractivity contribution in [2.45, 2.75) is 37.1 Å². The highest BCUT2D eigenvalue weighted by Gasteiger charge is 2.40. The van der Waals surface area contributed by atoms with Crippen LogP contribution in [0.25, 0.3) is 6.08 Å². The first-order valence-corrected chi connectivity index (χ1v) is 10.6. The first-order valence-electron chi connectivity index (χ1n) is 10.1. The number of thiol groups is 1. The average molecular weight is 430 g/mol. The summed E-state index contributed by atoms with van der Waals surface area (Å²) in [7, 11) is 0. The van der Waals surface area contributed by atoms with Gasteiger partial charge in [-0.25, -0.2) is 4.39 Å². The predicted molar refractivity (Wildman–Crippen MR) is 114 cm³/mol. The van der Waals surface area contributed by atoms with Gasteiger partial charge in [-0.2, -0.15) is 17.7 Å². The third kappa shape index (κ3) is 4.65. The van der Waals surface area contributed by atoms with E-state index in [1.165, 1.54) is 10.7 Å². The summed E-state index contributed by atoms with van der Waals surface area (Å²) in [5, 5.41) is 13.2. The molecule has 2 atom stereocenters. The normalized spacial score (nSPS) is 22.2. The molecule has 0 radical (unpaired) electrons. The summed E-state index contributed by atoms with van der Waals surface area (Å²) >= 11 is 4.69. The molecule has 2 aromatic rings. The molecule has 0 spiro atoms. The van der Waals surface area contributed by atoms with E-state index in [4.69, 9.17) is 5.11 Å². The van der Waals surface area contributed by atoms with Gasteiger partial charge in [0.05, 0.1) is 11.7 Å². The van der Waals surface area contributed by atoms with Crippen molar-refractivity contribution >= 4 is 30.5 Å². The van der Waals surface area contributed by atoms with E-state index in [-0.39, 0.29) is 29.3 Å². The Balaban J connectivity index is 1.60. The highest BCUT2D eigenvalue weighted by atomic mass is 32.1. The number of likely N-dealkylation sites (tertiary alicyclic amines) is 1. The molecule has 2 unspecified atom stereocenters. The number of halogens is 1. The maximum atomic E-state index is 14.6. The van der Waals surface area contributed by atoms with Crippen LogP contribution in [0.5, 0.6) is 0 Å². The fraction of sp³-hybridized carbons (Fsp3) is 0.409. The maximum Gasteiger partial charge on any atom is 0.325 e. The second-order valence-corrected chi connectivity index (χ2v) is 8.55. The van der Waals surface area contributed by atoms with E-state index >= 15 is 0 Å². The number of piperidine rings is 1. The Morgan fingerprint density at radius 3 is 2.73 bits per heavy atom. The smallest absolute Gasteiger partial charge is 0.325 e. The summed E-state index contributed by atoms with van der Waals surface area (Å²) in [5.74, 6) is -1.22. The minimum absolute atomic E-state index is 0.00294. The number of carboxylic acids is 1. The number of carboxylic acid groups (broad SMARTS) is 1. The summed E-state index contributed by atoms with van der Waals surface area (Å²) in [6.45, 7) is 0.929. The van der Waals surface area contributed by atoms with Gasteiger partial charge in [0, 0.05) is 36.0 Å². The molecule has 1 aliphatic heterocycles. The first kappa shape index (κ1) is 20.8. The number of hydrogen-bond donors (Lipinski definition) is 2. The topological polar surface area (TPSA) is 75.4 Å². The molecule has 2 fully saturated rings. The molecular formula is C22H24FN3O3S. The summed E-state index contributed by atoms with van der Waals surface area (Å²) < 4.78 is 16.0. The van der Waals surface area contributed by atoms with Gasteiger partial charge < -0.3 is 5.11 Å². The number of carbonyl (C=O) groups is 2. The van der Waals surface area contributed by atoms with Crippen LogP contribution in [-0.2, 0) is 16.1 Å². The average Bonchev–Trinajstić information content (AvgIpc) is 3.47. The summed E-state index contributed by atoms with van der Waals surface area (Å²) in [6, 6.07) is 7.65. The molecule has 1 N–H and O–H groups in total. The zero-order valence-corrected chi connectivity index (χ0v) is 17.3. The van der Waals surface area contributed by atoms with Gasteiger partial charge >= 0.3 is 5.97 Å². The lowest BCUT2D eigenvalue weighted by Gasteiger charge is -2.37. The first-order chi connectivity index (χ1) is 14.4. The van der Waals surface area contributed by atoms with Crippen LogP contribution in [0.2, 0.25) is 0 Å². The molecule has 8 heteroatoms. The molecular weight excluding hydrogens is 405 g/mol. The summed E-state index contributed by atoms with van der Waals surface area (Å²) in [5.41, 5.74) is 2.05. The molecule has 1 aromatic carbocycles. The van der Waals surface area contributed by atoms with Crippen molar-refractivity contribution in [2.24, 2.45) is 5.92 Å². The van der Waals surface area contributed by atoms with E-state index in [9.17, 15) is 14.0 Å². The van der Waals surface area contributed by atoms with Crippen LogP contribution in [0.15, 0.2) is 42.1 Å². The number of rotatable bonds is 7. The van der Waals surface area contributed by atoms with Crippen molar-refractivity contribution in [3.8, 4) is 0 Å². The Morgan fingerprint density at radius 2 is 2.03 bits per heavy atom. The van der Waals surface area contributed by atoms with Gasteiger partial charge in [0.15, 0.2) is 5.78 Å². The van der Waals surface area contributed by atoms with Crippen LogP contribution in [0, 0.1) is 11.7 Å². The van der Waals surface area contributed by atoms with Crippen molar-refractivity contribution in [2.75, 3.05) is 13.1 Å². The van der Waals surface area contributed by atoms with Crippen LogP contribution >= 0.6 is 12.6 Å². The zero-order valence-electron chi connectivity index (χ0n) is 16.4. The molecule has 0 amide bonds. The molecule has 0 bridgehead atoms. The number of Topliss-reactive ketones (excluding diaryl/α,β-unsaturated/α-hetero) is 1. The minimum atomic E-state index is -0.959. The molecule has 1 saturated heterocycles. The molecule has 158 valence electrons.